The van der Waals surface area contributed by atoms with Crippen LogP contribution in [0.5, 0.6) is 11.5 Å². The van der Waals surface area contributed by atoms with Gasteiger partial charge in [-0.05, 0) is 77.3 Å². The van der Waals surface area contributed by atoms with Crippen LogP contribution >= 0.6 is 69.9 Å². The monoisotopic (exact) mass is 1360 g/mol. The van der Waals surface area contributed by atoms with Gasteiger partial charge in [0.15, 0.2) is 29.3 Å². The van der Waals surface area contributed by atoms with Gasteiger partial charge in [-0.2, -0.15) is 8.62 Å². The number of anilines is 2. The lowest BCUT2D eigenvalue weighted by Crippen LogP contribution is -2.49. The van der Waals surface area contributed by atoms with Crippen molar-refractivity contribution in [3.8, 4) is 11.5 Å². The molecule has 3 amide bonds. The molecular formula is C54H64Cl4N10O17P3+. The number of imidazole rings is 1. The number of nitrogens with one attached hydrogen (secondary N) is 2. The number of phosphoric acid groups is 3. The van der Waals surface area contributed by atoms with Gasteiger partial charge in [0, 0.05) is 98.3 Å². The molecule has 0 aliphatic carbocycles. The number of phosphoric ester groups is 1. The summed E-state index contributed by atoms with van der Waals surface area (Å²) in [5.74, 6) is -0.0719. The summed E-state index contributed by atoms with van der Waals surface area (Å²) < 4.78 is 69.7. The zero-order valence-corrected chi connectivity index (χ0v) is 54.5. The number of amides is 3. The van der Waals surface area contributed by atoms with Crippen LogP contribution in [-0.4, -0.2) is 143 Å². The number of hydrogen-bond donors (Lipinski definition) is 8. The van der Waals surface area contributed by atoms with Crippen molar-refractivity contribution >= 4 is 127 Å². The smallest absolute Gasteiger partial charge is 0.456 e. The molecule has 34 heteroatoms. The number of alkyl carbamates (subject to hydrolysis) is 1. The van der Waals surface area contributed by atoms with E-state index >= 15 is 4.79 Å². The van der Waals surface area contributed by atoms with E-state index in [0.717, 1.165) is 46.0 Å². The summed E-state index contributed by atoms with van der Waals surface area (Å²) in [5, 5.41) is 17.7. The van der Waals surface area contributed by atoms with E-state index in [1.54, 1.807) is 7.05 Å². The average Bonchev–Trinajstić information content (AvgIpc) is 0.929. The molecule has 0 bridgehead atoms. The minimum absolute atomic E-state index is 0.0199. The molecular weight excluding hydrogens is 1300 g/mol. The van der Waals surface area contributed by atoms with E-state index in [9.17, 15) is 38.2 Å². The maximum absolute atomic E-state index is 15.1. The molecule has 0 spiro atoms. The van der Waals surface area contributed by atoms with Crippen LogP contribution in [0.3, 0.4) is 0 Å². The SMILES string of the molecule is CCN1c2cc3c(cc2C(C)=CC1(C)C)C(c1c(Cl)c(Cl)c(Cl)c(Cl)c1C(=O)N(C)CCCC(=O)NCCNC(=O)O[C@H]1[C@@H](O)[C@H](n2cnc4c(N)ncnc42)O[C@@H]1COP(=O)(O)OP(=O)(O)OP(=O)(O)O)=c1cc2c(cc1O3)=[N+](CC)C(C)(C)C=C2C. The Kier molecular flexibility index (Phi) is 19.2. The van der Waals surface area contributed by atoms with Crippen LogP contribution in [0.4, 0.5) is 16.3 Å². The quantitative estimate of drug-likeness (QED) is 0.0121. The van der Waals surface area contributed by atoms with E-state index in [1.807, 2.05) is 24.3 Å². The number of ether oxygens (including phenoxy) is 3. The Morgan fingerprint density at radius 2 is 1.53 bits per heavy atom. The number of nitrogens with two attached hydrogens (primary N) is 1. The third-order valence-corrected chi connectivity index (χ3v) is 20.9. The predicted molar refractivity (Wildman–Crippen MR) is 328 cm³/mol. The summed E-state index contributed by atoms with van der Waals surface area (Å²) >= 11 is 28.3. The minimum Gasteiger partial charge on any atom is -0.456 e. The number of aromatic nitrogens is 4. The molecule has 0 radical (unpaired) electrons. The van der Waals surface area contributed by atoms with Crippen molar-refractivity contribution in [1.29, 1.82) is 0 Å². The highest BCUT2D eigenvalue weighted by molar-refractivity contribution is 7.66. The van der Waals surface area contributed by atoms with E-state index in [1.165, 1.54) is 9.47 Å². The number of benzene rings is 3. The third kappa shape index (κ3) is 13.4. The van der Waals surface area contributed by atoms with Gasteiger partial charge in [0.05, 0.1) is 50.2 Å². The van der Waals surface area contributed by atoms with Crippen molar-refractivity contribution in [3.05, 3.63) is 108 Å². The Morgan fingerprint density at radius 3 is 2.22 bits per heavy atom. The van der Waals surface area contributed by atoms with E-state index in [4.69, 9.17) is 80.7 Å². The van der Waals surface area contributed by atoms with E-state index in [-0.39, 0.29) is 91.8 Å². The fourth-order valence-electron chi connectivity index (χ4n) is 11.7. The predicted octanol–water partition coefficient (Wildman–Crippen LogP) is 7.47. The molecule has 9 rings (SSSR count). The molecule has 1 saturated heterocycles. The van der Waals surface area contributed by atoms with Gasteiger partial charge < -0.3 is 65.1 Å². The van der Waals surface area contributed by atoms with Crippen LogP contribution in [0.15, 0.2) is 49.1 Å². The zero-order valence-electron chi connectivity index (χ0n) is 48.8. The Balaban J connectivity index is 0.908. The minimum atomic E-state index is -5.92. The molecule has 0 saturated carbocycles. The molecule has 88 heavy (non-hydrogen) atoms. The Labute approximate surface area is 524 Å². The molecule has 6 atom stereocenters. The number of aliphatic hydroxyl groups excluding tert-OH is 1. The molecule has 474 valence electrons. The first-order valence-electron chi connectivity index (χ1n) is 27.3. The summed E-state index contributed by atoms with van der Waals surface area (Å²) in [7, 11) is -15.8. The summed E-state index contributed by atoms with van der Waals surface area (Å²) in [5.41, 5.74) is 11.7. The van der Waals surface area contributed by atoms with Crippen molar-refractivity contribution in [2.75, 3.05) is 57.0 Å². The number of halogens is 4. The normalized spacial score (nSPS) is 20.5. The number of rotatable bonds is 20. The van der Waals surface area contributed by atoms with Gasteiger partial charge in [0.1, 0.15) is 42.1 Å². The van der Waals surface area contributed by atoms with Crippen LogP contribution in [0.1, 0.15) is 107 Å². The summed E-state index contributed by atoms with van der Waals surface area (Å²) in [6.07, 6.45) is -1.25. The average molecular weight is 1360 g/mol. The van der Waals surface area contributed by atoms with Crippen LogP contribution in [-0.2, 0) is 41.1 Å². The van der Waals surface area contributed by atoms with Crippen LogP contribution in [0, 0.1) is 0 Å². The molecule has 2 unspecified atom stereocenters. The van der Waals surface area contributed by atoms with Crippen molar-refractivity contribution in [3.63, 3.8) is 0 Å². The van der Waals surface area contributed by atoms with Gasteiger partial charge in [0.2, 0.25) is 11.3 Å². The summed E-state index contributed by atoms with van der Waals surface area (Å²) in [4.78, 5) is 94.8. The number of carbonyl (C=O) groups is 3. The van der Waals surface area contributed by atoms with Gasteiger partial charge >= 0.3 is 29.6 Å². The largest absolute Gasteiger partial charge is 0.490 e. The van der Waals surface area contributed by atoms with Gasteiger partial charge in [-0.1, -0.05) is 52.5 Å². The van der Waals surface area contributed by atoms with Crippen LogP contribution in [0.2, 0.25) is 20.1 Å². The van der Waals surface area contributed by atoms with Gasteiger partial charge in [0.25, 0.3) is 5.91 Å². The summed E-state index contributed by atoms with van der Waals surface area (Å²) in [6.45, 7) is 16.8. The van der Waals surface area contributed by atoms with E-state index in [0.29, 0.717) is 40.9 Å². The number of nitrogen functional groups attached to an aromatic ring is 1. The lowest BCUT2D eigenvalue weighted by molar-refractivity contribution is -0.121. The number of allylic oxidation sites excluding steroid dienone is 2. The fourth-order valence-corrected chi connectivity index (χ4v) is 15.7. The van der Waals surface area contributed by atoms with E-state index < -0.39 is 72.5 Å². The molecule has 5 aromatic rings. The van der Waals surface area contributed by atoms with Gasteiger partial charge in [-0.15, -0.1) is 0 Å². The molecule has 2 aromatic heterocycles. The van der Waals surface area contributed by atoms with Crippen molar-refractivity contribution in [2.45, 2.75) is 104 Å². The molecule has 4 aliphatic heterocycles. The highest BCUT2D eigenvalue weighted by atomic mass is 35.5. The summed E-state index contributed by atoms with van der Waals surface area (Å²) in [6, 6.07) is 8.14. The number of nitrogens with zero attached hydrogens (tertiary/aromatic N) is 7. The Hall–Kier alpha value is -5.54. The first-order valence-corrected chi connectivity index (χ1v) is 33.4. The van der Waals surface area contributed by atoms with Crippen molar-refractivity contribution in [2.24, 2.45) is 0 Å². The zero-order chi connectivity index (χ0) is 64.5. The number of fused-ring (bicyclic) bond motifs is 5. The van der Waals surface area contributed by atoms with Crippen LogP contribution in [0.25, 0.3) is 27.9 Å². The number of aliphatic hydroxyl groups is 1. The number of likely N-dealkylation sites (N-methyl/N-ethyl adjacent to an activating group) is 2. The second-order valence-corrected chi connectivity index (χ2v) is 28.1. The molecule has 6 heterocycles. The first-order chi connectivity index (χ1) is 41.1. The second kappa shape index (κ2) is 25.3. The second-order valence-electron chi connectivity index (χ2n) is 22.2. The van der Waals surface area contributed by atoms with Gasteiger partial charge in [-0.3, -0.25) is 18.7 Å². The molecule has 27 nitrogen and oxygen atoms in total. The third-order valence-electron chi connectivity index (χ3n) is 15.3. The first kappa shape index (κ1) is 66.9. The van der Waals surface area contributed by atoms with Crippen molar-refractivity contribution < 1.29 is 80.1 Å². The maximum atomic E-state index is 15.1. The van der Waals surface area contributed by atoms with E-state index in [2.05, 4.69) is 111 Å². The molecule has 1 fully saturated rings. The maximum Gasteiger partial charge on any atom is 0.490 e. The molecule has 4 aliphatic rings. The topological polar surface area (TPSA) is 362 Å². The van der Waals surface area contributed by atoms with Crippen molar-refractivity contribution in [1.82, 2.24) is 39.6 Å². The number of carbonyl (C=O) groups excluding carboxylic acids is 3. The lowest BCUT2D eigenvalue weighted by Gasteiger charge is -2.43. The highest BCUT2D eigenvalue weighted by Gasteiger charge is 2.50. The van der Waals surface area contributed by atoms with Gasteiger partial charge in [-0.25, -0.2) is 38.0 Å². The fraction of sp³-hybridized carbons (Fsp3) is 0.426. The van der Waals surface area contributed by atoms with Crippen LogP contribution < -0.4 is 41.2 Å². The Morgan fingerprint density at radius 1 is 0.852 bits per heavy atom. The highest BCUT2D eigenvalue weighted by Crippen LogP contribution is 2.66. The molecule has 3 aromatic carbocycles. The standard InChI is InChI=1S/C54H63Cl4N10O17P3/c1-10-67-32-19-34-30(17-28(32)26(3)21-53(67,5)6)38(31-18-29-27(4)22-54(7,8)68(11-2)33(29)20-35(31)81-34)39-40(42(56)44(58)43(57)41(39)55)50(71)65(9)16-12-13-37(69)60-14-15-61-52(72)83-47-36(23-80-87(76,77)85-88(78,79)84-86(73,74)75)82-51(46(47)70)66-25-64-45-48(59)62-24-63-49(45)66/h17-22,24-25,36,46-47,51,70H,10-16,23H2,1-9H3,(H7-,59,60,61,62,63,69,72,73,74,75,76,77,78,79)/p+1/t36-,46-,47-,51-/m1/s1. The number of hydrogen-bond acceptors (Lipinski definition) is 18. The molecule has 9 N–H and O–H groups in total. The lowest BCUT2D eigenvalue weighted by atomic mass is 9.83. The Bertz CT molecular complexity index is 4070.